The van der Waals surface area contributed by atoms with E-state index < -0.39 is 47.5 Å². The van der Waals surface area contributed by atoms with Crippen LogP contribution in [0.25, 0.3) is 86.2 Å². The van der Waals surface area contributed by atoms with Gasteiger partial charge in [0, 0.05) is 100 Å². The highest BCUT2D eigenvalue weighted by Crippen LogP contribution is 2.59. The van der Waals surface area contributed by atoms with Gasteiger partial charge in [-0.1, -0.05) is 0 Å². The Morgan fingerprint density at radius 1 is 0.246 bits per heavy atom. The van der Waals surface area contributed by atoms with E-state index in [9.17, 15) is 38.4 Å². The molecule has 0 saturated carbocycles. The lowest BCUT2D eigenvalue weighted by molar-refractivity contribution is 0.0372. The van der Waals surface area contributed by atoms with Crippen LogP contribution in [0.5, 0.6) is 46.0 Å². The van der Waals surface area contributed by atoms with Gasteiger partial charge >= 0.3 is 23.9 Å². The molecule has 114 heavy (non-hydrogen) atoms. The molecule has 14 rings (SSSR count). The molecule has 0 bridgehead atoms. The van der Waals surface area contributed by atoms with E-state index in [2.05, 4.69) is 166 Å². The number of ether oxygens (including phenoxy) is 10. The Labute approximate surface area is 651 Å². The fourth-order valence-corrected chi connectivity index (χ4v) is 13.8. The molecule has 0 radical (unpaired) electrons. The predicted molar refractivity (Wildman–Crippen MR) is 423 cm³/mol. The summed E-state index contributed by atoms with van der Waals surface area (Å²) in [5, 5.41) is 5.93. The first-order valence-electron chi connectivity index (χ1n) is 34.2. The molecule has 10 aromatic rings. The number of fused-ring (bicyclic) bond motifs is 4. The van der Waals surface area contributed by atoms with Crippen molar-refractivity contribution in [1.29, 1.82) is 0 Å². The number of terminal acetylenes is 4. The summed E-state index contributed by atoms with van der Waals surface area (Å²) in [6.45, 7) is 6.99. The van der Waals surface area contributed by atoms with Crippen molar-refractivity contribution >= 4 is 134 Å². The van der Waals surface area contributed by atoms with Crippen molar-refractivity contribution in [3.8, 4) is 237 Å². The second kappa shape index (κ2) is 32.4. The Kier molecular flexibility index (Phi) is 21.3. The molecule has 0 saturated heterocycles. The van der Waals surface area contributed by atoms with Crippen LogP contribution in [0.2, 0.25) is 0 Å². The summed E-state index contributed by atoms with van der Waals surface area (Å²) in [7, 11) is 2.80. The van der Waals surface area contributed by atoms with Crippen molar-refractivity contribution in [2.24, 2.45) is 0 Å². The molecule has 0 N–H and O–H groups in total. The second-order valence-corrected chi connectivity index (χ2v) is 23.7. The van der Waals surface area contributed by atoms with E-state index in [0.29, 0.717) is 86.9 Å². The van der Waals surface area contributed by atoms with Crippen LogP contribution < -0.4 is 37.9 Å². The van der Waals surface area contributed by atoms with Gasteiger partial charge in [-0.3, -0.25) is 29.0 Å². The number of cyclic esters (lactones) is 4. The highest BCUT2D eigenvalue weighted by atomic mass is 16.6. The zero-order chi connectivity index (χ0) is 80.4. The lowest BCUT2D eigenvalue weighted by atomic mass is 9.80. The van der Waals surface area contributed by atoms with Crippen LogP contribution in [-0.4, -0.2) is 124 Å². The Balaban J connectivity index is 0.000000199. The third kappa shape index (κ3) is 13.2. The van der Waals surface area contributed by atoms with Gasteiger partial charge in [-0.05, 0) is 242 Å². The van der Waals surface area contributed by atoms with Crippen LogP contribution in [0.4, 0.5) is 0 Å². The fourth-order valence-electron chi connectivity index (χ4n) is 13.8. The summed E-state index contributed by atoms with van der Waals surface area (Å²) in [6, 6.07) is 12.2. The molecule has 4 aliphatic heterocycles. The van der Waals surface area contributed by atoms with Crippen LogP contribution in [0.15, 0.2) is 48.5 Å². The number of carbonyl (C=O) groups is 8. The summed E-state index contributed by atoms with van der Waals surface area (Å²) < 4.78 is 60.6. The van der Waals surface area contributed by atoms with Crippen molar-refractivity contribution < 1.29 is 85.7 Å². The SMILES string of the molecule is C#CC#CC#CC#CCOc1cc2c3c(cc(OCC)c4c5c(OCC)cc6c7c(cc(OCC#CC#CC#CC#C)c(c1c34)c75)C(=O)N(C)C6=O)C(=O)N(C)C2=O.C#CC#CC#CC#CCOc1cc2c3c(cc(OCC)c4c5c(OCC)cc6c7c(cc(OCC#CC#CC#CC#C)c(c1c34)c75)C(=O)OC6=O)C(=O)OC2=O. The van der Waals surface area contributed by atoms with E-state index in [1.165, 1.54) is 38.4 Å². The predicted octanol–water partition coefficient (Wildman–Crippen LogP) is 10.2. The van der Waals surface area contributed by atoms with Crippen LogP contribution in [0.3, 0.4) is 0 Å². The lowest BCUT2D eigenvalue weighted by Crippen LogP contribution is -2.37. The number of nitrogens with zero attached hydrogens (tertiary/aromatic N) is 2. The number of hydrogen-bond donors (Lipinski definition) is 0. The maximum absolute atomic E-state index is 14.0. The summed E-state index contributed by atoms with van der Waals surface area (Å²) in [5.41, 5.74) is 0.980. The molecule has 20 heteroatoms. The summed E-state index contributed by atoms with van der Waals surface area (Å²) >= 11 is 0. The van der Waals surface area contributed by atoms with Gasteiger partial charge in [-0.2, -0.15) is 0 Å². The van der Waals surface area contributed by atoms with Gasteiger partial charge in [0.05, 0.1) is 70.9 Å². The molecule has 0 aromatic heterocycles. The normalized spacial score (nSPS) is 11.8. The first kappa shape index (κ1) is 75.0. The smallest absolute Gasteiger partial charge is 0.346 e. The van der Waals surface area contributed by atoms with Gasteiger partial charge in [-0.15, -0.1) is 25.7 Å². The molecule has 0 fully saturated rings. The topological polar surface area (TPSA) is 235 Å². The van der Waals surface area contributed by atoms with Gasteiger partial charge in [-0.25, -0.2) is 19.2 Å². The average molecular weight is 1490 g/mol. The number of esters is 4. The van der Waals surface area contributed by atoms with E-state index in [-0.39, 0.29) is 143 Å². The molecule has 4 amide bonds. The van der Waals surface area contributed by atoms with Crippen molar-refractivity contribution in [3.05, 3.63) is 93.0 Å². The van der Waals surface area contributed by atoms with Crippen molar-refractivity contribution in [1.82, 2.24) is 9.80 Å². The number of amides is 4. The third-order valence-corrected chi connectivity index (χ3v) is 17.8. The van der Waals surface area contributed by atoms with Crippen LogP contribution in [0, 0.1) is 191 Å². The van der Waals surface area contributed by atoms with Gasteiger partial charge in [0.25, 0.3) is 23.6 Å². The third-order valence-electron chi connectivity index (χ3n) is 17.8. The summed E-state index contributed by atoms with van der Waals surface area (Å²) in [4.78, 5) is 112. The van der Waals surface area contributed by atoms with Crippen LogP contribution >= 0.6 is 0 Å². The van der Waals surface area contributed by atoms with E-state index >= 15 is 0 Å². The fraction of sp³-hybridized carbons (Fsp3) is 0.149. The zero-order valence-electron chi connectivity index (χ0n) is 60.8. The number of imide groups is 2. The van der Waals surface area contributed by atoms with Gasteiger partial charge in [0.1, 0.15) is 72.4 Å². The van der Waals surface area contributed by atoms with Crippen LogP contribution in [-0.2, 0) is 9.47 Å². The van der Waals surface area contributed by atoms with Gasteiger partial charge in [0.2, 0.25) is 0 Å². The van der Waals surface area contributed by atoms with Crippen molar-refractivity contribution in [2.45, 2.75) is 27.7 Å². The molecule has 0 unspecified atom stereocenters. The first-order chi connectivity index (χ1) is 55.5. The molecular formula is C94H46N2O18. The lowest BCUT2D eigenvalue weighted by Gasteiger charge is -2.31. The molecule has 0 aliphatic carbocycles. The highest BCUT2D eigenvalue weighted by Gasteiger charge is 2.42. The molecular weight excluding hydrogens is 1450 g/mol. The maximum atomic E-state index is 14.0. The summed E-state index contributed by atoms with van der Waals surface area (Å²) in [6.07, 6.45) is 20.6. The Hall–Kier alpha value is -17.3. The van der Waals surface area contributed by atoms with Crippen LogP contribution in [0.1, 0.15) is 111 Å². The number of hydrogen-bond acceptors (Lipinski definition) is 18. The van der Waals surface area contributed by atoms with E-state index in [0.717, 1.165) is 9.80 Å². The van der Waals surface area contributed by atoms with Gasteiger partial charge < -0.3 is 47.4 Å². The molecule has 540 valence electrons. The quantitative estimate of drug-likeness (QED) is 0.0218. The Morgan fingerprint density at radius 3 is 0.623 bits per heavy atom. The molecule has 10 aromatic carbocycles. The number of carbonyl (C=O) groups excluding carboxylic acids is 8. The summed E-state index contributed by atoms with van der Waals surface area (Å²) in [5.74, 6) is 66.1. The van der Waals surface area contributed by atoms with E-state index in [1.807, 2.05) is 0 Å². The monoisotopic (exact) mass is 1490 g/mol. The molecule has 4 heterocycles. The first-order valence-corrected chi connectivity index (χ1v) is 34.2. The minimum absolute atomic E-state index is 0.0283. The van der Waals surface area contributed by atoms with Crippen molar-refractivity contribution in [3.63, 3.8) is 0 Å². The maximum Gasteiger partial charge on any atom is 0.346 e. The van der Waals surface area contributed by atoms with E-state index in [4.69, 9.17) is 73.1 Å². The Bertz CT molecular complexity index is 6790. The van der Waals surface area contributed by atoms with E-state index in [1.54, 1.807) is 52.0 Å². The van der Waals surface area contributed by atoms with Gasteiger partial charge in [0.15, 0.2) is 0 Å². The minimum atomic E-state index is -0.910. The highest BCUT2D eigenvalue weighted by molar-refractivity contribution is 6.46. The standard InChI is InChI=1S/C48H26N2O8.C46H20O10/c1-7-11-13-15-17-19-21-23-57-35-27-31-37-29(45(51)49(5)47(31)53)25-33(55-9-3)39-40-34(56-10-4)26-30-38-32(48(54)50(6)46(30)52)28-36(42(44(38)40)41(35)43(37)39)58-24-22-20-18-16-14-12-8-2;1-5-9-11-13-15-17-19-21-53-33-25-29-35-27(43(47)55-45(29)49)23-31(51-7-3)37-38-32(52-8-4)24-28-36-30(46(50)56-44(28)48)26-34(40(42(36)38)39(33)41(35)37)54-22-20-18-16-14-12-10-6-2/h1-2,25-28H,9-10,23-24H2,3-6H3;1-2,23-26H,7-8,21-22H2,3-4H3. The number of benzene rings is 10. The Morgan fingerprint density at radius 2 is 0.421 bits per heavy atom. The molecule has 4 aliphatic rings. The van der Waals surface area contributed by atoms with Crippen molar-refractivity contribution in [2.75, 3.05) is 67.0 Å². The molecule has 20 nitrogen and oxygen atoms in total. The zero-order valence-corrected chi connectivity index (χ0v) is 60.8. The largest absolute Gasteiger partial charge is 0.493 e. The average Bonchev–Trinajstić information content (AvgIpc) is 0.678. The number of rotatable bonds is 16. The molecule has 0 atom stereocenters. The minimum Gasteiger partial charge on any atom is -0.493 e. The second-order valence-electron chi connectivity index (χ2n) is 23.7. The molecule has 0 spiro atoms.